The number of hydrogen-bond donors (Lipinski definition) is 1. The van der Waals surface area contributed by atoms with Gasteiger partial charge in [0.15, 0.2) is 5.78 Å². The van der Waals surface area contributed by atoms with Gasteiger partial charge < -0.3 is 5.11 Å². The summed E-state index contributed by atoms with van der Waals surface area (Å²) in [4.78, 5) is 12.4. The van der Waals surface area contributed by atoms with Gasteiger partial charge in [0.05, 0.1) is 18.5 Å². The molecule has 0 amide bonds. The van der Waals surface area contributed by atoms with Crippen LogP contribution in [0.2, 0.25) is 0 Å². The van der Waals surface area contributed by atoms with E-state index in [0.717, 1.165) is 18.4 Å². The highest BCUT2D eigenvalue weighted by Gasteiger charge is 2.43. The third kappa shape index (κ3) is 8.45. The molecule has 1 N–H and O–H groups in total. The molecule has 0 bridgehead atoms. The average molecular weight is 344 g/mol. The Bertz CT molecular complexity index is 335. The molecule has 2 nitrogen and oxygen atoms in total. The molecular weight excluding hydrogens is 303 g/mol. The molecule has 23 heavy (non-hydrogen) atoms. The summed E-state index contributed by atoms with van der Waals surface area (Å²) < 4.78 is 0. The van der Waals surface area contributed by atoms with Gasteiger partial charge in [-0.05, 0) is 52.5 Å². The first-order valence-corrected chi connectivity index (χ1v) is 12.0. The quantitative estimate of drug-likeness (QED) is 0.235. The second kappa shape index (κ2) is 13.1. The van der Waals surface area contributed by atoms with Crippen molar-refractivity contribution in [1.82, 2.24) is 0 Å². The van der Waals surface area contributed by atoms with Crippen LogP contribution in [0.1, 0.15) is 79.1 Å². The van der Waals surface area contributed by atoms with Crippen LogP contribution in [0.25, 0.3) is 0 Å². The van der Waals surface area contributed by atoms with E-state index < -0.39 is 7.26 Å². The van der Waals surface area contributed by atoms with E-state index in [0.29, 0.717) is 12.4 Å². The van der Waals surface area contributed by atoms with Crippen LogP contribution in [-0.4, -0.2) is 41.6 Å². The van der Waals surface area contributed by atoms with Crippen molar-refractivity contribution in [3.63, 3.8) is 0 Å². The number of ketones is 1. The average Bonchev–Trinajstić information content (AvgIpc) is 2.56. The number of allylic oxidation sites excluding steroid dienone is 1. The maximum atomic E-state index is 12.4. The van der Waals surface area contributed by atoms with E-state index in [9.17, 15) is 4.79 Å². The van der Waals surface area contributed by atoms with E-state index in [1.165, 1.54) is 57.0 Å². The van der Waals surface area contributed by atoms with E-state index in [2.05, 4.69) is 27.4 Å². The molecular formula is C20H40O2P+. The number of carbonyl (C=O) groups excluding carboxylic acids is 1. The first-order chi connectivity index (χ1) is 10.9. The minimum absolute atomic E-state index is 0.202. The van der Waals surface area contributed by atoms with Crippen molar-refractivity contribution in [2.24, 2.45) is 0 Å². The molecule has 0 rings (SSSR count). The highest BCUT2D eigenvalue weighted by Crippen LogP contribution is 2.63. The van der Waals surface area contributed by atoms with Crippen LogP contribution in [0.5, 0.6) is 0 Å². The summed E-state index contributed by atoms with van der Waals surface area (Å²) in [7, 11) is -1.17. The summed E-state index contributed by atoms with van der Waals surface area (Å²) in [6.07, 6.45) is 13.5. The van der Waals surface area contributed by atoms with E-state index in [4.69, 9.17) is 5.11 Å². The monoisotopic (exact) mass is 343 g/mol. The zero-order valence-electron chi connectivity index (χ0n) is 16.1. The van der Waals surface area contributed by atoms with Gasteiger partial charge in [0.25, 0.3) is 0 Å². The Morgan fingerprint density at radius 2 is 1.39 bits per heavy atom. The van der Waals surface area contributed by atoms with Crippen LogP contribution in [0.4, 0.5) is 0 Å². The number of Topliss-reactive ketones (excluding diaryl/α,β-unsaturated/α-hetero) is 1. The molecule has 0 saturated heterocycles. The van der Waals surface area contributed by atoms with Gasteiger partial charge in [-0.25, -0.2) is 0 Å². The van der Waals surface area contributed by atoms with E-state index >= 15 is 0 Å². The molecule has 0 aliphatic rings. The van der Waals surface area contributed by atoms with Gasteiger partial charge in [0.2, 0.25) is 0 Å². The third-order valence-electron chi connectivity index (χ3n) is 5.39. The van der Waals surface area contributed by atoms with Crippen LogP contribution in [0.15, 0.2) is 12.2 Å². The summed E-state index contributed by atoms with van der Waals surface area (Å²) in [6, 6.07) is 0. The summed E-state index contributed by atoms with van der Waals surface area (Å²) in [6.45, 7) is 12.8. The second-order valence-electron chi connectivity index (χ2n) is 6.95. The van der Waals surface area contributed by atoms with Crippen LogP contribution in [0.3, 0.4) is 0 Å². The normalized spacial score (nSPS) is 13.1. The molecule has 3 heteroatoms. The van der Waals surface area contributed by atoms with Gasteiger partial charge in [0, 0.05) is 13.9 Å². The van der Waals surface area contributed by atoms with Crippen LogP contribution in [-0.2, 0) is 4.79 Å². The number of aliphatic hydroxyl groups excluding tert-OH is 1. The van der Waals surface area contributed by atoms with E-state index in [1.54, 1.807) is 0 Å². The van der Waals surface area contributed by atoms with Crippen molar-refractivity contribution < 1.29 is 9.90 Å². The fraction of sp³-hybridized carbons (Fsp3) is 0.850. The summed E-state index contributed by atoms with van der Waals surface area (Å²) in [5.41, 5.74) is 0.931. The smallest absolute Gasteiger partial charge is 0.197 e. The van der Waals surface area contributed by atoms with Crippen molar-refractivity contribution in [2.75, 3.05) is 25.1 Å². The first-order valence-electron chi connectivity index (χ1n) is 9.61. The molecule has 1 atom stereocenters. The van der Waals surface area contributed by atoms with Crippen LogP contribution >= 0.6 is 7.26 Å². The van der Waals surface area contributed by atoms with Gasteiger partial charge in [-0.3, -0.25) is 4.79 Å². The highest BCUT2D eigenvalue weighted by atomic mass is 31.2. The SMILES string of the molecule is C=C(C)C(=O)C(C)[P+](CC)(CC)CCCCCCCCCCO. The van der Waals surface area contributed by atoms with Crippen molar-refractivity contribution in [3.05, 3.63) is 12.2 Å². The molecule has 1 unspecified atom stereocenters. The van der Waals surface area contributed by atoms with Crippen molar-refractivity contribution in [1.29, 1.82) is 0 Å². The lowest BCUT2D eigenvalue weighted by Gasteiger charge is -2.30. The minimum Gasteiger partial charge on any atom is -0.396 e. The molecule has 0 aromatic rings. The second-order valence-corrected chi connectivity index (χ2v) is 11.9. The standard InChI is InChI=1S/C20H40O2P/c1-6-23(7-2,19(5)20(22)18(3)4)17-15-13-11-9-8-10-12-14-16-21/h19,21H,3,6-17H2,1-2,4-5H3/q+1. The van der Waals surface area contributed by atoms with Gasteiger partial charge in [-0.1, -0.05) is 38.7 Å². The molecule has 0 saturated carbocycles. The number of aliphatic hydroxyl groups is 1. The topological polar surface area (TPSA) is 37.3 Å². The maximum absolute atomic E-state index is 12.4. The number of rotatable bonds is 15. The lowest BCUT2D eigenvalue weighted by molar-refractivity contribution is -0.114. The predicted molar refractivity (Wildman–Crippen MR) is 106 cm³/mol. The first kappa shape index (κ1) is 22.8. The Morgan fingerprint density at radius 1 is 0.957 bits per heavy atom. The Hall–Kier alpha value is -0.200. The highest BCUT2D eigenvalue weighted by molar-refractivity contribution is 7.77. The zero-order valence-corrected chi connectivity index (χ0v) is 17.0. The molecule has 0 aromatic heterocycles. The largest absolute Gasteiger partial charge is 0.396 e. The Labute approximate surface area is 145 Å². The Balaban J connectivity index is 4.14. The van der Waals surface area contributed by atoms with Crippen molar-refractivity contribution in [2.45, 2.75) is 84.7 Å². The lowest BCUT2D eigenvalue weighted by Crippen LogP contribution is -2.26. The van der Waals surface area contributed by atoms with Crippen LogP contribution < -0.4 is 0 Å². The Morgan fingerprint density at radius 3 is 1.78 bits per heavy atom. The maximum Gasteiger partial charge on any atom is 0.197 e. The van der Waals surface area contributed by atoms with Crippen LogP contribution in [0, 0.1) is 0 Å². The Kier molecular flexibility index (Phi) is 13.0. The molecule has 0 heterocycles. The molecule has 0 aromatic carbocycles. The predicted octanol–water partition coefficient (Wildman–Crippen LogP) is 5.69. The van der Waals surface area contributed by atoms with Crippen molar-refractivity contribution >= 4 is 13.0 Å². The fourth-order valence-electron chi connectivity index (χ4n) is 3.49. The molecule has 0 spiro atoms. The molecule has 0 radical (unpaired) electrons. The van der Waals surface area contributed by atoms with Gasteiger partial charge in [0.1, 0.15) is 5.66 Å². The molecule has 0 aliphatic carbocycles. The van der Waals surface area contributed by atoms with Gasteiger partial charge in [-0.2, -0.15) is 0 Å². The summed E-state index contributed by atoms with van der Waals surface area (Å²) >= 11 is 0. The number of carbonyl (C=O) groups is 1. The third-order valence-corrected chi connectivity index (χ3v) is 11.0. The van der Waals surface area contributed by atoms with E-state index in [-0.39, 0.29) is 5.66 Å². The molecule has 0 aliphatic heterocycles. The lowest BCUT2D eigenvalue weighted by atomic mass is 10.1. The summed E-state index contributed by atoms with van der Waals surface area (Å²) in [5.74, 6) is 0.297. The number of unbranched alkanes of at least 4 members (excludes halogenated alkanes) is 7. The van der Waals surface area contributed by atoms with Gasteiger partial charge in [-0.15, -0.1) is 0 Å². The minimum atomic E-state index is -1.17. The fourth-order valence-corrected chi connectivity index (χ4v) is 7.62. The van der Waals surface area contributed by atoms with Crippen molar-refractivity contribution in [3.8, 4) is 0 Å². The van der Waals surface area contributed by atoms with Gasteiger partial charge >= 0.3 is 0 Å². The van der Waals surface area contributed by atoms with E-state index in [1.807, 2.05) is 6.92 Å². The zero-order chi connectivity index (χ0) is 17.7. The molecule has 136 valence electrons. The number of hydrogen-bond acceptors (Lipinski definition) is 2. The summed E-state index contributed by atoms with van der Waals surface area (Å²) in [5, 5.41) is 8.75. The molecule has 0 fully saturated rings.